The van der Waals surface area contributed by atoms with Crippen LogP contribution in [-0.4, -0.2) is 25.6 Å². The minimum Gasteiger partial charge on any atom is -0.368 e. The Morgan fingerprint density at radius 3 is 3.07 bits per heavy atom. The number of H-pyrrole nitrogens is 1. The maximum Gasteiger partial charge on any atom is 0.276 e. The highest BCUT2D eigenvalue weighted by Crippen LogP contribution is 2.01. The molecule has 2 aromatic heterocycles. The molecule has 0 unspecified atom stereocenters. The minimum absolute atomic E-state index is 0.171. The number of hydrogen-bond acceptors (Lipinski definition) is 4. The first kappa shape index (κ1) is 8.74. The zero-order valence-corrected chi connectivity index (χ0v) is 7.98. The molecule has 0 atom stereocenters. The topological polar surface area (TPSA) is 75.1 Å². The second-order valence-corrected chi connectivity index (χ2v) is 3.30. The Labute approximate surface area is 80.0 Å². The lowest BCUT2D eigenvalue weighted by atomic mass is 10.4. The van der Waals surface area contributed by atoms with E-state index in [2.05, 4.69) is 20.4 Å². The van der Waals surface area contributed by atoms with Crippen LogP contribution >= 0.6 is 0 Å². The minimum atomic E-state index is -0.171. The molecular formula is C8H11N5O. The van der Waals surface area contributed by atoms with Crippen molar-refractivity contribution in [3.8, 4) is 0 Å². The lowest BCUT2D eigenvalue weighted by molar-refractivity contribution is 0.865. The van der Waals surface area contributed by atoms with Gasteiger partial charge in [-0.1, -0.05) is 0 Å². The van der Waals surface area contributed by atoms with Crippen LogP contribution in [0.3, 0.4) is 0 Å². The molecule has 0 aromatic carbocycles. The fourth-order valence-corrected chi connectivity index (χ4v) is 1.19. The van der Waals surface area contributed by atoms with Gasteiger partial charge in [0, 0.05) is 12.1 Å². The summed E-state index contributed by atoms with van der Waals surface area (Å²) in [5.41, 5.74) is -0.171. The van der Waals surface area contributed by atoms with E-state index in [0.29, 0.717) is 11.6 Å². The third-order valence-electron chi connectivity index (χ3n) is 1.70. The van der Waals surface area contributed by atoms with Gasteiger partial charge >= 0.3 is 0 Å². The largest absolute Gasteiger partial charge is 0.368 e. The van der Waals surface area contributed by atoms with Crippen molar-refractivity contribution in [2.24, 2.45) is 0 Å². The summed E-state index contributed by atoms with van der Waals surface area (Å²) in [6, 6.07) is 1.67. The van der Waals surface area contributed by atoms with E-state index in [1.807, 2.05) is 13.8 Å². The van der Waals surface area contributed by atoms with Gasteiger partial charge in [-0.25, -0.2) is 4.98 Å². The Morgan fingerprint density at radius 1 is 1.57 bits per heavy atom. The van der Waals surface area contributed by atoms with E-state index in [1.165, 1.54) is 16.9 Å². The summed E-state index contributed by atoms with van der Waals surface area (Å²) in [5.74, 6) is 0.928. The molecule has 0 spiro atoms. The van der Waals surface area contributed by atoms with Crippen LogP contribution in [0, 0.1) is 0 Å². The molecule has 2 aromatic rings. The SMILES string of the molecule is CC(C)Nc1cc(=O)n2[nH]cnc2n1. The molecule has 2 N–H and O–H groups in total. The Morgan fingerprint density at radius 2 is 2.36 bits per heavy atom. The van der Waals surface area contributed by atoms with Gasteiger partial charge in [0.15, 0.2) is 0 Å². The van der Waals surface area contributed by atoms with E-state index in [-0.39, 0.29) is 11.6 Å². The molecule has 0 aliphatic rings. The van der Waals surface area contributed by atoms with E-state index in [9.17, 15) is 4.79 Å². The maximum absolute atomic E-state index is 11.5. The smallest absolute Gasteiger partial charge is 0.276 e. The Kier molecular flexibility index (Phi) is 1.95. The van der Waals surface area contributed by atoms with Gasteiger partial charge in [0.05, 0.1) is 0 Å². The van der Waals surface area contributed by atoms with E-state index in [0.717, 1.165) is 0 Å². The summed E-state index contributed by atoms with van der Waals surface area (Å²) in [4.78, 5) is 19.5. The molecular weight excluding hydrogens is 182 g/mol. The Balaban J connectivity index is 2.53. The van der Waals surface area contributed by atoms with Crippen LogP contribution < -0.4 is 10.9 Å². The van der Waals surface area contributed by atoms with Gasteiger partial charge in [0.1, 0.15) is 12.1 Å². The number of rotatable bonds is 2. The van der Waals surface area contributed by atoms with E-state index >= 15 is 0 Å². The van der Waals surface area contributed by atoms with Gasteiger partial charge in [-0.15, -0.1) is 0 Å². The number of nitrogens with one attached hydrogen (secondary N) is 2. The summed E-state index contributed by atoms with van der Waals surface area (Å²) in [7, 11) is 0. The number of nitrogens with zero attached hydrogens (tertiary/aromatic N) is 3. The Bertz CT molecular complexity index is 498. The summed E-state index contributed by atoms with van der Waals surface area (Å²) in [6.45, 7) is 3.96. The van der Waals surface area contributed by atoms with Crippen LogP contribution in [0.25, 0.3) is 5.78 Å². The molecule has 2 rings (SSSR count). The van der Waals surface area contributed by atoms with Gasteiger partial charge in [-0.3, -0.25) is 9.89 Å². The highest BCUT2D eigenvalue weighted by Gasteiger charge is 2.03. The lowest BCUT2D eigenvalue weighted by Gasteiger charge is -2.07. The number of aromatic nitrogens is 4. The summed E-state index contributed by atoms with van der Waals surface area (Å²) in [5, 5.41) is 5.72. The highest BCUT2D eigenvalue weighted by molar-refractivity contribution is 5.41. The first-order chi connectivity index (χ1) is 6.66. The van der Waals surface area contributed by atoms with E-state index in [4.69, 9.17) is 0 Å². The third-order valence-corrected chi connectivity index (χ3v) is 1.70. The van der Waals surface area contributed by atoms with Crippen molar-refractivity contribution in [1.82, 2.24) is 19.6 Å². The fourth-order valence-electron chi connectivity index (χ4n) is 1.19. The van der Waals surface area contributed by atoms with Crippen LogP contribution in [0.2, 0.25) is 0 Å². The average Bonchev–Trinajstić information content (AvgIpc) is 2.50. The van der Waals surface area contributed by atoms with Gasteiger partial charge < -0.3 is 5.32 Å². The van der Waals surface area contributed by atoms with Crippen LogP contribution in [0.1, 0.15) is 13.8 Å². The van der Waals surface area contributed by atoms with Crippen LogP contribution in [-0.2, 0) is 0 Å². The first-order valence-electron chi connectivity index (χ1n) is 4.36. The second kappa shape index (κ2) is 3.13. The molecule has 0 radical (unpaired) electrons. The molecule has 6 nitrogen and oxygen atoms in total. The zero-order valence-electron chi connectivity index (χ0n) is 7.98. The third kappa shape index (κ3) is 1.46. The summed E-state index contributed by atoms with van der Waals surface area (Å²) in [6.07, 6.45) is 1.43. The fraction of sp³-hybridized carbons (Fsp3) is 0.375. The molecule has 0 amide bonds. The van der Waals surface area contributed by atoms with Crippen molar-refractivity contribution in [1.29, 1.82) is 0 Å². The monoisotopic (exact) mass is 193 g/mol. The van der Waals surface area contributed by atoms with Crippen molar-refractivity contribution in [3.63, 3.8) is 0 Å². The predicted molar refractivity (Wildman–Crippen MR) is 52.4 cm³/mol. The summed E-state index contributed by atoms with van der Waals surface area (Å²) >= 11 is 0. The van der Waals surface area contributed by atoms with Crippen molar-refractivity contribution < 1.29 is 0 Å². The number of fused-ring (bicyclic) bond motifs is 1. The number of anilines is 1. The molecule has 0 saturated heterocycles. The molecule has 0 bridgehead atoms. The lowest BCUT2D eigenvalue weighted by Crippen LogP contribution is -2.18. The first-order valence-corrected chi connectivity index (χ1v) is 4.36. The molecule has 6 heteroatoms. The quantitative estimate of drug-likeness (QED) is 0.716. The van der Waals surface area contributed by atoms with Crippen molar-refractivity contribution in [3.05, 3.63) is 22.7 Å². The van der Waals surface area contributed by atoms with Crippen molar-refractivity contribution in [2.75, 3.05) is 5.32 Å². The maximum atomic E-state index is 11.5. The normalized spacial score (nSPS) is 11.1. The van der Waals surface area contributed by atoms with Gasteiger partial charge in [0.25, 0.3) is 11.3 Å². The molecule has 0 saturated carbocycles. The van der Waals surface area contributed by atoms with Gasteiger partial charge in [0.2, 0.25) is 0 Å². The highest BCUT2D eigenvalue weighted by atomic mass is 16.1. The van der Waals surface area contributed by atoms with Crippen molar-refractivity contribution in [2.45, 2.75) is 19.9 Å². The zero-order chi connectivity index (χ0) is 10.1. The second-order valence-electron chi connectivity index (χ2n) is 3.30. The number of hydrogen-bond donors (Lipinski definition) is 2. The molecule has 74 valence electrons. The Hall–Kier alpha value is -1.85. The molecule has 0 aliphatic heterocycles. The summed E-state index contributed by atoms with van der Waals surface area (Å²) < 4.78 is 1.28. The molecule has 0 aliphatic carbocycles. The van der Waals surface area contributed by atoms with E-state index < -0.39 is 0 Å². The standard InChI is InChI=1S/C8H11N5O/c1-5(2)11-6-3-7(14)13-8(12-6)9-4-10-13/h3-5,11H,1-2H3,(H,9,10,12). The average molecular weight is 193 g/mol. The van der Waals surface area contributed by atoms with Crippen LogP contribution in [0.5, 0.6) is 0 Å². The van der Waals surface area contributed by atoms with Crippen LogP contribution in [0.15, 0.2) is 17.2 Å². The van der Waals surface area contributed by atoms with Crippen LogP contribution in [0.4, 0.5) is 5.82 Å². The molecule has 2 heterocycles. The van der Waals surface area contributed by atoms with Crippen molar-refractivity contribution >= 4 is 11.6 Å². The van der Waals surface area contributed by atoms with Gasteiger partial charge in [-0.05, 0) is 13.8 Å². The number of aromatic amines is 1. The van der Waals surface area contributed by atoms with E-state index in [1.54, 1.807) is 0 Å². The predicted octanol–water partition coefficient (Wildman–Crippen LogP) is 0.238. The molecule has 14 heavy (non-hydrogen) atoms. The molecule has 0 fully saturated rings. The van der Waals surface area contributed by atoms with Gasteiger partial charge in [-0.2, -0.15) is 9.50 Å².